The van der Waals surface area contributed by atoms with Crippen LogP contribution in [0.5, 0.6) is 0 Å². The number of benzene rings is 1. The Bertz CT molecular complexity index is 575. The number of fused-ring (bicyclic) bond motifs is 1. The Morgan fingerprint density at radius 2 is 2.32 bits per heavy atom. The quantitative estimate of drug-likeness (QED) is 0.938. The molecule has 19 heavy (non-hydrogen) atoms. The van der Waals surface area contributed by atoms with E-state index in [1.165, 1.54) is 12.8 Å². The molecule has 1 aliphatic heterocycles. The number of rotatable bonds is 3. The molecule has 1 aliphatic rings. The van der Waals surface area contributed by atoms with E-state index in [2.05, 4.69) is 4.98 Å². The average Bonchev–Trinajstić information content (AvgIpc) is 2.72. The van der Waals surface area contributed by atoms with Crippen molar-refractivity contribution < 1.29 is 4.74 Å². The minimum atomic E-state index is 0.359. The lowest BCUT2D eigenvalue weighted by Gasteiger charge is -2.22. The van der Waals surface area contributed by atoms with Gasteiger partial charge in [0.1, 0.15) is 0 Å². The molecule has 5 heteroatoms. The van der Waals surface area contributed by atoms with Crippen LogP contribution >= 0.6 is 11.6 Å². The van der Waals surface area contributed by atoms with Crippen LogP contribution in [0.2, 0.25) is 5.02 Å². The van der Waals surface area contributed by atoms with Crippen molar-refractivity contribution in [1.82, 2.24) is 9.55 Å². The summed E-state index contributed by atoms with van der Waals surface area (Å²) >= 11 is 5.97. The number of anilines is 1. The number of nitrogens with zero attached hydrogens (tertiary/aromatic N) is 2. The van der Waals surface area contributed by atoms with E-state index in [1.54, 1.807) is 0 Å². The number of aromatic nitrogens is 2. The predicted molar refractivity (Wildman–Crippen MR) is 77.4 cm³/mol. The number of imidazole rings is 1. The van der Waals surface area contributed by atoms with Gasteiger partial charge >= 0.3 is 0 Å². The van der Waals surface area contributed by atoms with E-state index < -0.39 is 0 Å². The third-order valence-electron chi connectivity index (χ3n) is 3.69. The van der Waals surface area contributed by atoms with Gasteiger partial charge in [0.25, 0.3) is 0 Å². The maximum Gasteiger partial charge on any atom is 0.201 e. The number of aryl methyl sites for hydroxylation is 1. The van der Waals surface area contributed by atoms with Crippen molar-refractivity contribution >= 4 is 28.6 Å². The molecule has 2 aromatic rings. The monoisotopic (exact) mass is 279 g/mol. The molecule has 1 unspecified atom stereocenters. The summed E-state index contributed by atoms with van der Waals surface area (Å²) in [5.41, 5.74) is 7.88. The summed E-state index contributed by atoms with van der Waals surface area (Å²) in [6, 6.07) is 5.70. The molecule has 2 heterocycles. The van der Waals surface area contributed by atoms with Crippen molar-refractivity contribution in [3.05, 3.63) is 23.2 Å². The number of ether oxygens (including phenoxy) is 1. The first-order valence-corrected chi connectivity index (χ1v) is 7.15. The Morgan fingerprint density at radius 3 is 3.11 bits per heavy atom. The number of hydrogen-bond donors (Lipinski definition) is 1. The summed E-state index contributed by atoms with van der Waals surface area (Å²) in [5.74, 6) is 0.549. The van der Waals surface area contributed by atoms with Crippen molar-refractivity contribution in [2.24, 2.45) is 0 Å². The SMILES string of the molecule is Nc1nc2cc(Cl)ccc2n1CCC1CCCCO1. The fraction of sp³-hybridized carbons (Fsp3) is 0.500. The maximum atomic E-state index is 5.99. The van der Waals surface area contributed by atoms with Gasteiger partial charge in [-0.05, 0) is 43.9 Å². The molecular weight excluding hydrogens is 262 g/mol. The number of halogens is 1. The molecule has 3 rings (SSSR count). The van der Waals surface area contributed by atoms with E-state index in [1.807, 2.05) is 22.8 Å². The second-order valence-corrected chi connectivity index (χ2v) is 5.47. The van der Waals surface area contributed by atoms with Crippen LogP contribution in [-0.4, -0.2) is 22.3 Å². The molecule has 4 nitrogen and oxygen atoms in total. The first-order chi connectivity index (χ1) is 9.24. The van der Waals surface area contributed by atoms with Crippen LogP contribution < -0.4 is 5.73 Å². The summed E-state index contributed by atoms with van der Waals surface area (Å²) in [6.07, 6.45) is 4.94. The Hall–Kier alpha value is -1.26. The molecule has 0 amide bonds. The topological polar surface area (TPSA) is 53.1 Å². The van der Waals surface area contributed by atoms with Gasteiger partial charge in [-0.15, -0.1) is 0 Å². The van der Waals surface area contributed by atoms with Gasteiger partial charge in [0, 0.05) is 18.2 Å². The van der Waals surface area contributed by atoms with Crippen molar-refractivity contribution in [3.8, 4) is 0 Å². The summed E-state index contributed by atoms with van der Waals surface area (Å²) < 4.78 is 7.80. The number of hydrogen-bond acceptors (Lipinski definition) is 3. The molecule has 1 aromatic heterocycles. The largest absolute Gasteiger partial charge is 0.378 e. The molecule has 1 saturated heterocycles. The lowest BCUT2D eigenvalue weighted by atomic mass is 10.1. The lowest BCUT2D eigenvalue weighted by molar-refractivity contribution is 0.00906. The number of nitrogens with two attached hydrogens (primary N) is 1. The van der Waals surface area contributed by atoms with Crippen LogP contribution in [0.25, 0.3) is 11.0 Å². The van der Waals surface area contributed by atoms with Crippen LogP contribution in [0.1, 0.15) is 25.7 Å². The van der Waals surface area contributed by atoms with Gasteiger partial charge in [0.05, 0.1) is 17.1 Å². The fourth-order valence-corrected chi connectivity index (χ4v) is 2.83. The third kappa shape index (κ3) is 2.69. The Labute approximate surface area is 117 Å². The molecule has 0 aliphatic carbocycles. The predicted octanol–water partition coefficient (Wildman–Crippen LogP) is 3.23. The summed E-state index contributed by atoms with van der Waals surface area (Å²) in [7, 11) is 0. The molecule has 0 saturated carbocycles. The van der Waals surface area contributed by atoms with Crippen molar-refractivity contribution in [2.45, 2.75) is 38.3 Å². The normalized spacial score (nSPS) is 19.9. The van der Waals surface area contributed by atoms with Crippen molar-refractivity contribution in [3.63, 3.8) is 0 Å². The standard InChI is InChI=1S/C14H18ClN3O/c15-10-4-5-13-12(9-10)17-14(16)18(13)7-6-11-3-1-2-8-19-11/h4-5,9,11H,1-3,6-8H2,(H2,16,17). The minimum Gasteiger partial charge on any atom is -0.378 e. The molecule has 2 N–H and O–H groups in total. The average molecular weight is 280 g/mol. The minimum absolute atomic E-state index is 0.359. The van der Waals surface area contributed by atoms with E-state index in [9.17, 15) is 0 Å². The van der Waals surface area contributed by atoms with Crippen LogP contribution in [-0.2, 0) is 11.3 Å². The van der Waals surface area contributed by atoms with E-state index >= 15 is 0 Å². The Morgan fingerprint density at radius 1 is 1.42 bits per heavy atom. The first-order valence-electron chi connectivity index (χ1n) is 6.77. The van der Waals surface area contributed by atoms with Crippen molar-refractivity contribution in [2.75, 3.05) is 12.3 Å². The van der Waals surface area contributed by atoms with E-state index in [0.29, 0.717) is 17.1 Å². The van der Waals surface area contributed by atoms with E-state index in [-0.39, 0.29) is 0 Å². The van der Waals surface area contributed by atoms with Gasteiger partial charge in [0.15, 0.2) is 0 Å². The molecule has 102 valence electrons. The highest BCUT2D eigenvalue weighted by molar-refractivity contribution is 6.31. The second kappa shape index (κ2) is 5.39. The highest BCUT2D eigenvalue weighted by atomic mass is 35.5. The smallest absolute Gasteiger partial charge is 0.201 e. The van der Waals surface area contributed by atoms with Gasteiger partial charge < -0.3 is 15.0 Å². The Balaban J connectivity index is 1.78. The van der Waals surface area contributed by atoms with Crippen LogP contribution in [0, 0.1) is 0 Å². The molecule has 0 spiro atoms. The third-order valence-corrected chi connectivity index (χ3v) is 3.92. The molecule has 1 aromatic carbocycles. The molecule has 1 atom stereocenters. The van der Waals surface area contributed by atoms with E-state index in [4.69, 9.17) is 22.1 Å². The van der Waals surface area contributed by atoms with Gasteiger partial charge in [0.2, 0.25) is 5.95 Å². The zero-order chi connectivity index (χ0) is 13.2. The summed E-state index contributed by atoms with van der Waals surface area (Å²) in [5, 5.41) is 0.688. The Kier molecular flexibility index (Phi) is 3.62. The zero-order valence-electron chi connectivity index (χ0n) is 10.8. The first kappa shape index (κ1) is 12.8. The maximum absolute atomic E-state index is 5.99. The highest BCUT2D eigenvalue weighted by Gasteiger charge is 2.15. The molecular formula is C14H18ClN3O. The van der Waals surface area contributed by atoms with Gasteiger partial charge in [-0.1, -0.05) is 11.6 Å². The van der Waals surface area contributed by atoms with Gasteiger partial charge in [-0.2, -0.15) is 0 Å². The molecule has 0 radical (unpaired) electrons. The van der Waals surface area contributed by atoms with Gasteiger partial charge in [-0.3, -0.25) is 0 Å². The lowest BCUT2D eigenvalue weighted by Crippen LogP contribution is -2.21. The van der Waals surface area contributed by atoms with Crippen LogP contribution in [0.3, 0.4) is 0 Å². The summed E-state index contributed by atoms with van der Waals surface area (Å²) in [6.45, 7) is 1.73. The van der Waals surface area contributed by atoms with Crippen LogP contribution in [0.15, 0.2) is 18.2 Å². The second-order valence-electron chi connectivity index (χ2n) is 5.03. The number of nitrogen functional groups attached to an aromatic ring is 1. The van der Waals surface area contributed by atoms with E-state index in [0.717, 1.165) is 37.0 Å². The molecule has 1 fully saturated rings. The van der Waals surface area contributed by atoms with Gasteiger partial charge in [-0.25, -0.2) is 4.98 Å². The molecule has 0 bridgehead atoms. The fourth-order valence-electron chi connectivity index (χ4n) is 2.66. The highest BCUT2D eigenvalue weighted by Crippen LogP contribution is 2.23. The van der Waals surface area contributed by atoms with Crippen LogP contribution in [0.4, 0.5) is 5.95 Å². The zero-order valence-corrected chi connectivity index (χ0v) is 11.6. The summed E-state index contributed by atoms with van der Waals surface area (Å²) in [4.78, 5) is 4.35. The van der Waals surface area contributed by atoms with Crippen molar-refractivity contribution in [1.29, 1.82) is 0 Å².